The maximum Gasteiger partial charge on any atom is 0.114 e. The van der Waals surface area contributed by atoms with E-state index < -0.39 is 6.17 Å². The second-order valence-corrected chi connectivity index (χ2v) is 2.28. The minimum absolute atomic E-state index is 0.546. The topological polar surface area (TPSA) is 3.24 Å². The minimum Gasteiger partial charge on any atom is -0.301 e. The summed E-state index contributed by atoms with van der Waals surface area (Å²) in [6.45, 7) is 4.69. The number of alkyl halides is 1. The average molecular weight is 117 g/mol. The fourth-order valence-electron chi connectivity index (χ4n) is 1.07. The van der Waals surface area contributed by atoms with Crippen molar-refractivity contribution in [3.8, 4) is 0 Å². The van der Waals surface area contributed by atoms with Crippen LogP contribution >= 0.6 is 0 Å². The molecule has 1 atom stereocenters. The van der Waals surface area contributed by atoms with Crippen LogP contribution in [0.15, 0.2) is 0 Å². The lowest BCUT2D eigenvalue weighted by Gasteiger charge is -2.08. The smallest absolute Gasteiger partial charge is 0.114 e. The molecule has 0 spiro atoms. The standard InChI is InChI=1S/C6H12FN/c1-2-8-4-3-6(7)5-8/h6H,2-5H2,1H3. The second-order valence-electron chi connectivity index (χ2n) is 2.28. The van der Waals surface area contributed by atoms with Crippen LogP contribution in [0.5, 0.6) is 0 Å². The summed E-state index contributed by atoms with van der Waals surface area (Å²) in [6.07, 6.45) is 0.198. The van der Waals surface area contributed by atoms with E-state index in [0.29, 0.717) is 6.54 Å². The molecule has 1 saturated heterocycles. The summed E-state index contributed by atoms with van der Waals surface area (Å²) < 4.78 is 12.3. The second kappa shape index (κ2) is 2.44. The van der Waals surface area contributed by atoms with E-state index in [2.05, 4.69) is 11.8 Å². The summed E-state index contributed by atoms with van der Waals surface area (Å²) in [6, 6.07) is 0. The van der Waals surface area contributed by atoms with Crippen LogP contribution in [-0.2, 0) is 0 Å². The first-order valence-electron chi connectivity index (χ1n) is 3.19. The highest BCUT2D eigenvalue weighted by Gasteiger charge is 2.19. The Balaban J connectivity index is 2.22. The van der Waals surface area contributed by atoms with Crippen molar-refractivity contribution in [3.63, 3.8) is 0 Å². The number of nitrogens with zero attached hydrogens (tertiary/aromatic N) is 1. The molecule has 0 aromatic carbocycles. The largest absolute Gasteiger partial charge is 0.301 e. The quantitative estimate of drug-likeness (QED) is 0.496. The van der Waals surface area contributed by atoms with Gasteiger partial charge in [-0.05, 0) is 13.0 Å². The van der Waals surface area contributed by atoms with Gasteiger partial charge in [-0.15, -0.1) is 0 Å². The molecule has 0 aromatic heterocycles. The van der Waals surface area contributed by atoms with Crippen molar-refractivity contribution in [2.45, 2.75) is 19.5 Å². The molecular weight excluding hydrogens is 105 g/mol. The lowest BCUT2D eigenvalue weighted by Crippen LogP contribution is -2.19. The molecule has 0 radical (unpaired) electrons. The van der Waals surface area contributed by atoms with Gasteiger partial charge in [0.05, 0.1) is 0 Å². The molecule has 0 bridgehead atoms. The summed E-state index contributed by atoms with van der Waals surface area (Å²) in [5, 5.41) is 0. The van der Waals surface area contributed by atoms with Crippen molar-refractivity contribution in [3.05, 3.63) is 0 Å². The highest BCUT2D eigenvalue weighted by Crippen LogP contribution is 2.10. The van der Waals surface area contributed by atoms with Gasteiger partial charge in [0.1, 0.15) is 6.17 Å². The third kappa shape index (κ3) is 1.19. The monoisotopic (exact) mass is 117 g/mol. The maximum absolute atomic E-state index is 12.3. The Morgan fingerprint density at radius 2 is 2.50 bits per heavy atom. The highest BCUT2D eigenvalue weighted by atomic mass is 19.1. The molecule has 2 heteroatoms. The van der Waals surface area contributed by atoms with E-state index in [0.717, 1.165) is 19.5 Å². The van der Waals surface area contributed by atoms with Gasteiger partial charge in [-0.1, -0.05) is 6.92 Å². The molecule has 0 saturated carbocycles. The lowest BCUT2D eigenvalue weighted by molar-refractivity contribution is 0.298. The van der Waals surface area contributed by atoms with Gasteiger partial charge in [0.15, 0.2) is 0 Å². The first kappa shape index (κ1) is 6.02. The molecule has 48 valence electrons. The molecule has 0 N–H and O–H groups in total. The fraction of sp³-hybridized carbons (Fsp3) is 1.00. The van der Waals surface area contributed by atoms with Crippen molar-refractivity contribution in [1.29, 1.82) is 0 Å². The van der Waals surface area contributed by atoms with Crippen LogP contribution in [0.4, 0.5) is 4.39 Å². The first-order valence-corrected chi connectivity index (χ1v) is 3.19. The van der Waals surface area contributed by atoms with Crippen molar-refractivity contribution in [1.82, 2.24) is 4.90 Å². The Morgan fingerprint density at radius 1 is 1.75 bits per heavy atom. The fourth-order valence-corrected chi connectivity index (χ4v) is 1.07. The molecule has 1 aliphatic heterocycles. The third-order valence-electron chi connectivity index (χ3n) is 1.66. The van der Waals surface area contributed by atoms with Gasteiger partial charge < -0.3 is 4.90 Å². The Kier molecular flexibility index (Phi) is 1.84. The number of likely N-dealkylation sites (tertiary alicyclic amines) is 1. The minimum atomic E-state index is -0.546. The summed E-state index contributed by atoms with van der Waals surface area (Å²) in [5.41, 5.74) is 0. The molecule has 1 aliphatic rings. The van der Waals surface area contributed by atoms with Crippen molar-refractivity contribution >= 4 is 0 Å². The van der Waals surface area contributed by atoms with Gasteiger partial charge in [-0.25, -0.2) is 4.39 Å². The Morgan fingerprint density at radius 3 is 2.75 bits per heavy atom. The number of hydrogen-bond donors (Lipinski definition) is 0. The molecule has 0 aliphatic carbocycles. The number of hydrogen-bond acceptors (Lipinski definition) is 1. The Bertz CT molecular complexity index is 74.9. The molecule has 1 heterocycles. The summed E-state index contributed by atoms with van der Waals surface area (Å²) in [5.74, 6) is 0. The van der Waals surface area contributed by atoms with Crippen LogP contribution in [0.25, 0.3) is 0 Å². The van der Waals surface area contributed by atoms with Crippen LogP contribution in [0.1, 0.15) is 13.3 Å². The zero-order valence-electron chi connectivity index (χ0n) is 5.23. The van der Waals surface area contributed by atoms with E-state index in [1.54, 1.807) is 0 Å². The normalized spacial score (nSPS) is 31.5. The summed E-state index contributed by atoms with van der Waals surface area (Å²) in [7, 11) is 0. The molecule has 1 fully saturated rings. The van der Waals surface area contributed by atoms with Crippen LogP contribution in [0.2, 0.25) is 0 Å². The molecule has 1 unspecified atom stereocenters. The van der Waals surface area contributed by atoms with Crippen molar-refractivity contribution < 1.29 is 4.39 Å². The van der Waals surface area contributed by atoms with E-state index in [1.165, 1.54) is 0 Å². The zero-order valence-corrected chi connectivity index (χ0v) is 5.23. The molecule has 1 nitrogen and oxygen atoms in total. The van der Waals surface area contributed by atoms with E-state index >= 15 is 0 Å². The van der Waals surface area contributed by atoms with Gasteiger partial charge in [-0.3, -0.25) is 0 Å². The van der Waals surface area contributed by atoms with E-state index in [4.69, 9.17) is 0 Å². The van der Waals surface area contributed by atoms with Gasteiger partial charge in [0.2, 0.25) is 0 Å². The molecule has 0 aromatic rings. The number of halogens is 1. The molecule has 1 rings (SSSR count). The molecule has 0 amide bonds. The predicted octanol–water partition coefficient (Wildman–Crippen LogP) is 1.05. The zero-order chi connectivity index (χ0) is 5.98. The van der Waals surface area contributed by atoms with E-state index in [1.807, 2.05) is 0 Å². The number of rotatable bonds is 1. The van der Waals surface area contributed by atoms with Gasteiger partial charge in [0, 0.05) is 13.1 Å². The van der Waals surface area contributed by atoms with E-state index in [-0.39, 0.29) is 0 Å². The molecular formula is C6H12FN. The first-order chi connectivity index (χ1) is 3.83. The molecule has 8 heavy (non-hydrogen) atoms. The van der Waals surface area contributed by atoms with Crippen molar-refractivity contribution in [2.24, 2.45) is 0 Å². The predicted molar refractivity (Wildman–Crippen MR) is 31.6 cm³/mol. The highest BCUT2D eigenvalue weighted by molar-refractivity contribution is 4.72. The Labute approximate surface area is 49.5 Å². The van der Waals surface area contributed by atoms with Crippen LogP contribution in [0.3, 0.4) is 0 Å². The van der Waals surface area contributed by atoms with Crippen LogP contribution < -0.4 is 0 Å². The van der Waals surface area contributed by atoms with Crippen LogP contribution in [-0.4, -0.2) is 30.7 Å². The lowest BCUT2D eigenvalue weighted by atomic mass is 10.3. The maximum atomic E-state index is 12.3. The van der Waals surface area contributed by atoms with E-state index in [9.17, 15) is 4.39 Å². The van der Waals surface area contributed by atoms with Gasteiger partial charge >= 0.3 is 0 Å². The SMILES string of the molecule is CCN1CCC(F)C1. The third-order valence-corrected chi connectivity index (χ3v) is 1.66. The van der Waals surface area contributed by atoms with Gasteiger partial charge in [0.25, 0.3) is 0 Å². The summed E-state index contributed by atoms with van der Waals surface area (Å²) in [4.78, 5) is 2.13. The average Bonchev–Trinajstić information content (AvgIpc) is 2.14. The summed E-state index contributed by atoms with van der Waals surface area (Å²) >= 11 is 0. The van der Waals surface area contributed by atoms with Gasteiger partial charge in [-0.2, -0.15) is 0 Å². The van der Waals surface area contributed by atoms with Crippen molar-refractivity contribution in [2.75, 3.05) is 19.6 Å². The van der Waals surface area contributed by atoms with Crippen LogP contribution in [0, 0.1) is 0 Å². The Hall–Kier alpha value is -0.110.